The van der Waals surface area contributed by atoms with Crippen molar-refractivity contribution in [2.45, 2.75) is 26.4 Å². The maximum atomic E-state index is 13.1. The van der Waals surface area contributed by atoms with E-state index in [-0.39, 0.29) is 33.6 Å². The number of anilines is 1. The van der Waals surface area contributed by atoms with Crippen molar-refractivity contribution in [1.82, 2.24) is 15.1 Å². The van der Waals surface area contributed by atoms with Gasteiger partial charge in [0, 0.05) is 24.0 Å². The quantitative estimate of drug-likeness (QED) is 0.525. The number of alkyl halides is 3. The first kappa shape index (κ1) is 25.0. The van der Waals surface area contributed by atoms with Gasteiger partial charge in [-0.25, -0.2) is 4.68 Å². The number of hydrogen-bond acceptors (Lipinski definition) is 4. The third kappa shape index (κ3) is 5.63. The van der Waals surface area contributed by atoms with E-state index in [0.29, 0.717) is 6.54 Å². The second kappa shape index (κ2) is 10.1. The third-order valence-electron chi connectivity index (χ3n) is 4.75. The minimum atomic E-state index is -4.57. The highest BCUT2D eigenvalue weighted by Crippen LogP contribution is 2.30. The number of hydrogen-bond donors (Lipinski definition) is 2. The number of halogens is 4. The molecule has 1 heterocycles. The summed E-state index contributed by atoms with van der Waals surface area (Å²) in [6.45, 7) is 3.87. The lowest BCUT2D eigenvalue weighted by molar-refractivity contribution is -0.137. The molecular formula is C23H20ClF3N4O3. The molecule has 0 aliphatic rings. The Kier molecular flexibility index (Phi) is 7.41. The van der Waals surface area contributed by atoms with Crippen LogP contribution in [0.2, 0.25) is 5.02 Å². The highest BCUT2D eigenvalue weighted by Gasteiger charge is 2.30. The molecule has 0 atom stereocenters. The van der Waals surface area contributed by atoms with Crippen molar-refractivity contribution in [2.24, 2.45) is 0 Å². The number of aryl methyl sites for hydroxylation is 1. The standard InChI is InChI=1S/C23H20ClF3N4O3/c1-3-9-28-21(33)17-8-7-15(12-18(17)24)29-22(34)20-19(32)10-13(2)31(30-20)16-6-4-5-14(11-16)23(25,26)27/h4-8,10-12H,3,9H2,1-2H3,(H,28,33)(H,29,34). The van der Waals surface area contributed by atoms with Crippen LogP contribution in [0.4, 0.5) is 18.9 Å². The first-order chi connectivity index (χ1) is 16.0. The summed E-state index contributed by atoms with van der Waals surface area (Å²) in [7, 11) is 0. The minimum absolute atomic E-state index is 0.0341. The Morgan fingerprint density at radius 1 is 1.09 bits per heavy atom. The van der Waals surface area contributed by atoms with Crippen molar-refractivity contribution >= 4 is 29.1 Å². The van der Waals surface area contributed by atoms with Gasteiger partial charge < -0.3 is 10.6 Å². The fraction of sp³-hybridized carbons (Fsp3) is 0.217. The molecule has 0 saturated carbocycles. The zero-order valence-corrected chi connectivity index (χ0v) is 18.9. The van der Waals surface area contributed by atoms with Crippen molar-refractivity contribution in [3.05, 3.63) is 86.3 Å². The Morgan fingerprint density at radius 3 is 2.47 bits per heavy atom. The SMILES string of the molecule is CCCNC(=O)c1ccc(NC(=O)c2nn(-c3cccc(C(F)(F)F)c3)c(C)cc2=O)cc1Cl. The normalized spacial score (nSPS) is 11.2. The average Bonchev–Trinajstić information content (AvgIpc) is 2.77. The van der Waals surface area contributed by atoms with E-state index in [1.807, 2.05) is 6.92 Å². The number of benzene rings is 2. The van der Waals surface area contributed by atoms with Crippen LogP contribution in [0, 0.1) is 6.92 Å². The van der Waals surface area contributed by atoms with Crippen molar-refractivity contribution in [1.29, 1.82) is 0 Å². The van der Waals surface area contributed by atoms with Gasteiger partial charge in [-0.15, -0.1) is 0 Å². The van der Waals surface area contributed by atoms with Crippen LogP contribution in [0.15, 0.2) is 53.3 Å². The van der Waals surface area contributed by atoms with E-state index in [4.69, 9.17) is 11.6 Å². The molecule has 0 spiro atoms. The maximum Gasteiger partial charge on any atom is 0.416 e. The molecule has 1 aromatic heterocycles. The molecule has 0 fully saturated rings. The summed E-state index contributed by atoms with van der Waals surface area (Å²) in [6.07, 6.45) is -3.82. The predicted molar refractivity (Wildman–Crippen MR) is 122 cm³/mol. The molecule has 3 aromatic rings. The first-order valence-corrected chi connectivity index (χ1v) is 10.6. The van der Waals surface area contributed by atoms with Crippen LogP contribution in [0.5, 0.6) is 0 Å². The lowest BCUT2D eigenvalue weighted by Gasteiger charge is -2.14. The molecule has 0 radical (unpaired) electrons. The Morgan fingerprint density at radius 2 is 1.82 bits per heavy atom. The van der Waals surface area contributed by atoms with Gasteiger partial charge in [0.2, 0.25) is 5.43 Å². The molecule has 0 unspecified atom stereocenters. The predicted octanol–water partition coefficient (Wildman–Crippen LogP) is 4.61. The van der Waals surface area contributed by atoms with Crippen molar-refractivity contribution in [2.75, 3.05) is 11.9 Å². The molecule has 0 saturated heterocycles. The highest BCUT2D eigenvalue weighted by atomic mass is 35.5. The van der Waals surface area contributed by atoms with Crippen molar-refractivity contribution in [3.8, 4) is 5.69 Å². The molecule has 0 aliphatic heterocycles. The highest BCUT2D eigenvalue weighted by molar-refractivity contribution is 6.34. The maximum absolute atomic E-state index is 13.1. The van der Waals surface area contributed by atoms with E-state index in [9.17, 15) is 27.6 Å². The van der Waals surface area contributed by atoms with Crippen molar-refractivity contribution in [3.63, 3.8) is 0 Å². The van der Waals surface area contributed by atoms with E-state index >= 15 is 0 Å². The van der Waals surface area contributed by atoms with Crippen molar-refractivity contribution < 1.29 is 22.8 Å². The van der Waals surface area contributed by atoms with E-state index in [2.05, 4.69) is 15.7 Å². The van der Waals surface area contributed by atoms with Gasteiger partial charge in [0.15, 0.2) is 5.69 Å². The average molecular weight is 493 g/mol. The van der Waals surface area contributed by atoms with E-state index < -0.39 is 28.8 Å². The molecule has 178 valence electrons. The van der Waals surface area contributed by atoms with Gasteiger partial charge in [-0.2, -0.15) is 18.3 Å². The van der Waals surface area contributed by atoms with Gasteiger partial charge in [0.1, 0.15) is 0 Å². The van der Waals surface area contributed by atoms with Gasteiger partial charge in [0.05, 0.1) is 21.8 Å². The van der Waals surface area contributed by atoms with Gasteiger partial charge in [0.25, 0.3) is 11.8 Å². The number of rotatable bonds is 6. The summed E-state index contributed by atoms with van der Waals surface area (Å²) in [5, 5.41) is 9.24. The fourth-order valence-electron chi connectivity index (χ4n) is 3.08. The molecule has 2 aromatic carbocycles. The molecule has 0 aliphatic carbocycles. The second-order valence-corrected chi connectivity index (χ2v) is 7.77. The Hall–Kier alpha value is -3.66. The van der Waals surface area contributed by atoms with Crippen LogP contribution in [-0.4, -0.2) is 28.1 Å². The molecule has 2 amide bonds. The van der Waals surface area contributed by atoms with Crippen LogP contribution in [-0.2, 0) is 6.18 Å². The first-order valence-electron chi connectivity index (χ1n) is 10.2. The summed E-state index contributed by atoms with van der Waals surface area (Å²) in [5.41, 5.74) is -1.43. The number of nitrogens with one attached hydrogen (secondary N) is 2. The number of carbonyl (C=O) groups excluding carboxylic acids is 2. The molecule has 11 heteroatoms. The summed E-state index contributed by atoms with van der Waals surface area (Å²) in [6, 6.07) is 9.67. The van der Waals surface area contributed by atoms with E-state index in [1.165, 1.54) is 37.3 Å². The van der Waals surface area contributed by atoms with Gasteiger partial charge in [-0.3, -0.25) is 14.4 Å². The van der Waals surface area contributed by atoms with Crippen LogP contribution < -0.4 is 16.1 Å². The monoisotopic (exact) mass is 492 g/mol. The van der Waals surface area contributed by atoms with Gasteiger partial charge in [-0.05, 0) is 49.7 Å². The minimum Gasteiger partial charge on any atom is -0.352 e. The van der Waals surface area contributed by atoms with Crippen LogP contribution in [0.3, 0.4) is 0 Å². The molecular weight excluding hydrogens is 473 g/mol. The summed E-state index contributed by atoms with van der Waals surface area (Å²) in [5.74, 6) is -1.25. The Bertz CT molecular complexity index is 1310. The van der Waals surface area contributed by atoms with E-state index in [1.54, 1.807) is 0 Å². The summed E-state index contributed by atoms with van der Waals surface area (Å²) in [4.78, 5) is 37.2. The largest absolute Gasteiger partial charge is 0.416 e. The summed E-state index contributed by atoms with van der Waals surface area (Å²) < 4.78 is 40.4. The zero-order chi connectivity index (χ0) is 25.0. The number of aromatic nitrogens is 2. The van der Waals surface area contributed by atoms with E-state index in [0.717, 1.165) is 29.3 Å². The second-order valence-electron chi connectivity index (χ2n) is 7.36. The third-order valence-corrected chi connectivity index (χ3v) is 5.06. The molecule has 0 bridgehead atoms. The lowest BCUT2D eigenvalue weighted by atomic mass is 10.2. The number of nitrogens with zero attached hydrogens (tertiary/aromatic N) is 2. The smallest absolute Gasteiger partial charge is 0.352 e. The van der Waals surface area contributed by atoms with Gasteiger partial charge in [-0.1, -0.05) is 24.6 Å². The molecule has 2 N–H and O–H groups in total. The summed E-state index contributed by atoms with van der Waals surface area (Å²) >= 11 is 6.16. The van der Waals surface area contributed by atoms with Gasteiger partial charge >= 0.3 is 6.18 Å². The number of carbonyl (C=O) groups is 2. The molecule has 7 nitrogen and oxygen atoms in total. The van der Waals surface area contributed by atoms with Crippen LogP contribution in [0.25, 0.3) is 5.69 Å². The fourth-order valence-corrected chi connectivity index (χ4v) is 3.35. The zero-order valence-electron chi connectivity index (χ0n) is 18.2. The lowest BCUT2D eigenvalue weighted by Crippen LogP contribution is -2.27. The topological polar surface area (TPSA) is 93.1 Å². The van der Waals surface area contributed by atoms with Crippen LogP contribution in [0.1, 0.15) is 45.4 Å². The molecule has 34 heavy (non-hydrogen) atoms. The molecule has 3 rings (SSSR count). The Balaban J connectivity index is 1.90. The Labute approximate surface area is 197 Å². The number of amides is 2. The van der Waals surface area contributed by atoms with Crippen LogP contribution >= 0.6 is 11.6 Å².